The number of amides is 1. The molecular weight excluding hydrogens is 488 g/mol. The highest BCUT2D eigenvalue weighted by atomic mass is 32.2. The van der Waals surface area contributed by atoms with Gasteiger partial charge < -0.3 is 20.7 Å². The van der Waals surface area contributed by atoms with E-state index in [2.05, 4.69) is 20.0 Å². The summed E-state index contributed by atoms with van der Waals surface area (Å²) in [5.41, 5.74) is 6.25. The van der Waals surface area contributed by atoms with E-state index in [1.807, 2.05) is 30.3 Å². The van der Waals surface area contributed by atoms with Crippen LogP contribution < -0.4 is 16.7 Å². The molecule has 1 atom stereocenters. The van der Waals surface area contributed by atoms with E-state index >= 15 is 0 Å². The average Bonchev–Trinajstić information content (AvgIpc) is 3.13. The molecule has 1 unspecified atom stereocenters. The fourth-order valence-corrected chi connectivity index (χ4v) is 4.82. The highest BCUT2D eigenvalue weighted by Crippen LogP contribution is 2.21. The molecule has 0 aliphatic heterocycles. The Hall–Kier alpha value is -3.78. The van der Waals surface area contributed by atoms with Crippen molar-refractivity contribution in [3.8, 4) is 0 Å². The lowest BCUT2D eigenvalue weighted by atomic mass is 10.2. The normalized spacial score (nSPS) is 12.9. The third kappa shape index (κ3) is 5.71. The summed E-state index contributed by atoms with van der Waals surface area (Å²) in [6, 6.07) is 9.08. The Labute approximate surface area is 208 Å². The number of nitrogens with zero attached hydrogens (tertiary/aromatic N) is 5. The van der Waals surface area contributed by atoms with Gasteiger partial charge in [-0.3, -0.25) is 9.36 Å². The van der Waals surface area contributed by atoms with Crippen LogP contribution in [0.3, 0.4) is 0 Å². The van der Waals surface area contributed by atoms with Gasteiger partial charge in [0.25, 0.3) is 0 Å². The van der Waals surface area contributed by atoms with Gasteiger partial charge in [-0.2, -0.15) is 4.98 Å². The number of hydrogen-bond acceptors (Lipinski definition) is 10. The SMILES string of the molecule is CCCS(=N)(=O)c1nc(N)c2c(n1)n(Cc1ccccc1)c(=O)n2C(=O)CNCCN(C)C(=O)OC. The summed E-state index contributed by atoms with van der Waals surface area (Å²) in [7, 11) is -0.518. The maximum atomic E-state index is 13.4. The lowest BCUT2D eigenvalue weighted by Crippen LogP contribution is -2.39. The lowest BCUT2D eigenvalue weighted by molar-refractivity contribution is 0.0911. The van der Waals surface area contributed by atoms with Gasteiger partial charge >= 0.3 is 11.8 Å². The molecule has 13 nitrogen and oxygen atoms in total. The van der Waals surface area contributed by atoms with Crippen molar-refractivity contribution >= 4 is 38.7 Å². The molecule has 0 fully saturated rings. The number of aromatic nitrogens is 4. The summed E-state index contributed by atoms with van der Waals surface area (Å²) in [6.07, 6.45) is -0.0466. The summed E-state index contributed by atoms with van der Waals surface area (Å²) < 4.78 is 27.8. The monoisotopic (exact) mass is 518 g/mol. The van der Waals surface area contributed by atoms with Gasteiger partial charge in [0.2, 0.25) is 11.1 Å². The molecular formula is C22H30N8O5S. The van der Waals surface area contributed by atoms with Crippen LogP contribution in [0.15, 0.2) is 40.3 Å². The number of hydrogen-bond donors (Lipinski definition) is 3. The first-order chi connectivity index (χ1) is 17.1. The summed E-state index contributed by atoms with van der Waals surface area (Å²) in [5, 5.41) is 2.62. The Morgan fingerprint density at radius 3 is 2.58 bits per heavy atom. The molecule has 0 saturated carbocycles. The van der Waals surface area contributed by atoms with Crippen molar-refractivity contribution in [1.82, 2.24) is 29.3 Å². The van der Waals surface area contributed by atoms with Gasteiger partial charge in [-0.05, 0) is 12.0 Å². The van der Waals surface area contributed by atoms with Crippen LogP contribution in [0.1, 0.15) is 23.7 Å². The number of nitrogens with one attached hydrogen (secondary N) is 2. The van der Waals surface area contributed by atoms with Crippen molar-refractivity contribution in [1.29, 1.82) is 4.78 Å². The minimum atomic E-state index is -3.34. The molecule has 36 heavy (non-hydrogen) atoms. The van der Waals surface area contributed by atoms with Gasteiger partial charge in [-0.25, -0.2) is 28.1 Å². The zero-order valence-electron chi connectivity index (χ0n) is 20.4. The Bertz CT molecular complexity index is 1420. The Morgan fingerprint density at radius 1 is 1.25 bits per heavy atom. The van der Waals surface area contributed by atoms with Gasteiger partial charge in [0.1, 0.15) is 15.2 Å². The van der Waals surface area contributed by atoms with E-state index < -0.39 is 27.4 Å². The molecule has 0 saturated heterocycles. The van der Waals surface area contributed by atoms with Crippen LogP contribution in [-0.4, -0.2) is 79.8 Å². The average molecular weight is 519 g/mol. The van der Waals surface area contributed by atoms with E-state index in [4.69, 9.17) is 10.5 Å². The Kier molecular flexibility index (Phi) is 8.42. The number of carbonyl (C=O) groups is 2. The van der Waals surface area contributed by atoms with Crippen molar-refractivity contribution in [2.75, 3.05) is 45.3 Å². The number of likely N-dealkylation sites (N-methyl/N-ethyl adjacent to an activating group) is 1. The fourth-order valence-electron chi connectivity index (χ4n) is 3.58. The highest BCUT2D eigenvalue weighted by molar-refractivity contribution is 7.92. The summed E-state index contributed by atoms with van der Waals surface area (Å²) in [4.78, 5) is 47.7. The molecule has 0 aliphatic carbocycles. The highest BCUT2D eigenvalue weighted by Gasteiger charge is 2.25. The van der Waals surface area contributed by atoms with E-state index in [1.54, 1.807) is 14.0 Å². The molecule has 0 radical (unpaired) electrons. The molecule has 4 N–H and O–H groups in total. The van der Waals surface area contributed by atoms with Crippen molar-refractivity contribution in [2.45, 2.75) is 25.0 Å². The number of rotatable bonds is 10. The van der Waals surface area contributed by atoms with Crippen molar-refractivity contribution in [3.05, 3.63) is 46.4 Å². The van der Waals surface area contributed by atoms with Crippen LogP contribution >= 0.6 is 0 Å². The van der Waals surface area contributed by atoms with Crippen molar-refractivity contribution in [3.63, 3.8) is 0 Å². The number of imidazole rings is 1. The standard InChI is InChI=1S/C22H30N8O5S/c1-4-12-36(24,34)20-26-18(23)17-19(27-20)29(14-15-8-6-5-7-9-15)21(32)30(17)16(31)13-25-10-11-28(2)22(33)35-3/h5-9,24-25H,4,10-14H2,1-3H3,(H2,23,26,27). The first-order valence-electron chi connectivity index (χ1n) is 11.2. The second kappa shape index (κ2) is 11.3. The maximum absolute atomic E-state index is 13.4. The fraction of sp³-hybridized carbons (Fsp3) is 0.409. The Morgan fingerprint density at radius 2 is 1.94 bits per heavy atom. The van der Waals surface area contributed by atoms with Crippen molar-refractivity contribution in [2.24, 2.45) is 0 Å². The van der Waals surface area contributed by atoms with Crippen LogP contribution in [0.4, 0.5) is 10.6 Å². The summed E-state index contributed by atoms with van der Waals surface area (Å²) >= 11 is 0. The maximum Gasteiger partial charge on any atom is 0.409 e. The first kappa shape index (κ1) is 26.8. The van der Waals surface area contributed by atoms with Gasteiger partial charge in [0.15, 0.2) is 11.5 Å². The van der Waals surface area contributed by atoms with Crippen LogP contribution in [0, 0.1) is 4.78 Å². The molecule has 0 aliphatic rings. The topological polar surface area (TPSA) is 178 Å². The minimum Gasteiger partial charge on any atom is -0.453 e. The second-order valence-corrected chi connectivity index (χ2v) is 10.2. The van der Waals surface area contributed by atoms with E-state index in [0.29, 0.717) is 6.42 Å². The molecule has 0 bridgehead atoms. The predicted octanol–water partition coefficient (Wildman–Crippen LogP) is 0.967. The van der Waals surface area contributed by atoms with Crippen LogP contribution in [-0.2, 0) is 21.0 Å². The molecule has 1 amide bonds. The third-order valence-electron chi connectivity index (χ3n) is 5.38. The third-order valence-corrected chi connectivity index (χ3v) is 7.14. The largest absolute Gasteiger partial charge is 0.453 e. The Balaban J connectivity index is 2.02. The summed E-state index contributed by atoms with van der Waals surface area (Å²) in [6.45, 7) is 2.17. The van der Waals surface area contributed by atoms with Crippen LogP contribution in [0.5, 0.6) is 0 Å². The van der Waals surface area contributed by atoms with E-state index in [1.165, 1.54) is 16.6 Å². The number of nitrogen functional groups attached to an aromatic ring is 1. The van der Waals surface area contributed by atoms with Gasteiger partial charge in [-0.1, -0.05) is 37.3 Å². The number of benzene rings is 1. The van der Waals surface area contributed by atoms with Gasteiger partial charge in [0.05, 0.1) is 20.2 Å². The summed E-state index contributed by atoms with van der Waals surface area (Å²) in [5.74, 6) is -0.792. The van der Waals surface area contributed by atoms with Crippen LogP contribution in [0.25, 0.3) is 11.2 Å². The molecule has 2 aromatic heterocycles. The number of ether oxygens (including phenoxy) is 1. The molecule has 2 heterocycles. The quantitative estimate of drug-likeness (QED) is 0.260. The van der Waals surface area contributed by atoms with E-state index in [-0.39, 0.29) is 54.1 Å². The second-order valence-electron chi connectivity index (χ2n) is 8.09. The number of anilines is 1. The number of carbonyl (C=O) groups excluding carboxylic acids is 2. The molecule has 194 valence electrons. The van der Waals surface area contributed by atoms with Gasteiger partial charge in [0, 0.05) is 25.9 Å². The first-order valence-corrected chi connectivity index (χ1v) is 13.0. The number of fused-ring (bicyclic) bond motifs is 1. The minimum absolute atomic E-state index is 0.00939. The predicted molar refractivity (Wildman–Crippen MR) is 135 cm³/mol. The zero-order valence-corrected chi connectivity index (χ0v) is 21.2. The zero-order chi connectivity index (χ0) is 26.5. The molecule has 14 heteroatoms. The lowest BCUT2D eigenvalue weighted by Gasteiger charge is -2.15. The molecule has 3 rings (SSSR count). The van der Waals surface area contributed by atoms with Crippen LogP contribution in [0.2, 0.25) is 0 Å². The van der Waals surface area contributed by atoms with Gasteiger partial charge in [-0.15, -0.1) is 0 Å². The smallest absolute Gasteiger partial charge is 0.409 e. The number of methoxy groups -OCH3 is 1. The molecule has 1 aromatic carbocycles. The van der Waals surface area contributed by atoms with Crippen molar-refractivity contribution < 1.29 is 18.5 Å². The number of nitrogens with two attached hydrogens (primary N) is 1. The van der Waals surface area contributed by atoms with E-state index in [0.717, 1.165) is 10.1 Å². The molecule has 3 aromatic rings. The molecule has 0 spiro atoms. The van der Waals surface area contributed by atoms with E-state index in [9.17, 15) is 18.6 Å².